The average molecular weight is 270 g/mol. The van der Waals surface area contributed by atoms with Crippen LogP contribution in [0.4, 0.5) is 0 Å². The molecular weight excluding hydrogens is 252 g/mol. The van der Waals surface area contributed by atoms with Crippen LogP contribution >= 0.6 is 0 Å². The molecule has 3 aromatic rings. The average Bonchev–Trinajstić information content (AvgIpc) is 2.95. The number of rotatable bonds is 2. The molecule has 0 aromatic carbocycles. The molecule has 0 atom stereocenters. The highest BCUT2D eigenvalue weighted by Crippen LogP contribution is 2.20. The number of aryl methyl sites for hydroxylation is 1. The van der Waals surface area contributed by atoms with Crippen LogP contribution < -0.4 is 0 Å². The Morgan fingerprint density at radius 1 is 1.20 bits per heavy atom. The lowest BCUT2D eigenvalue weighted by Gasteiger charge is -2.17. The van der Waals surface area contributed by atoms with E-state index in [4.69, 9.17) is 0 Å². The van der Waals surface area contributed by atoms with Gasteiger partial charge in [0.25, 0.3) is 0 Å². The minimum atomic E-state index is -0.0854. The second-order valence-corrected chi connectivity index (χ2v) is 5.98. The van der Waals surface area contributed by atoms with E-state index in [0.717, 1.165) is 22.9 Å². The normalized spacial score (nSPS) is 12.2. The summed E-state index contributed by atoms with van der Waals surface area (Å²) in [5, 5.41) is 12.1. The monoisotopic (exact) mass is 270 g/mol. The molecule has 0 spiro atoms. The minimum Gasteiger partial charge on any atom is -0.302 e. The molecule has 0 N–H and O–H groups in total. The van der Waals surface area contributed by atoms with Gasteiger partial charge in [-0.3, -0.25) is 0 Å². The molecule has 3 rings (SSSR count). The molecule has 0 bridgehead atoms. The Bertz CT molecular complexity index is 746. The fourth-order valence-corrected chi connectivity index (χ4v) is 2.34. The zero-order valence-electron chi connectivity index (χ0n) is 12.2. The van der Waals surface area contributed by atoms with Gasteiger partial charge in [-0.15, -0.1) is 5.10 Å². The van der Waals surface area contributed by atoms with Crippen LogP contribution in [0, 0.1) is 6.92 Å². The Kier molecular flexibility index (Phi) is 2.81. The standard InChI is InChI=1S/C14H18N6/c1-10-11(19-8-6-5-7-12(19)15-10)9-20-13(14(2,3)4)16-17-18-20/h5-8H,9H2,1-4H3. The summed E-state index contributed by atoms with van der Waals surface area (Å²) in [6, 6.07) is 5.99. The number of fused-ring (bicyclic) bond motifs is 1. The van der Waals surface area contributed by atoms with Crippen LogP contribution in [0.1, 0.15) is 38.0 Å². The van der Waals surface area contributed by atoms with Crippen molar-refractivity contribution < 1.29 is 0 Å². The number of hydrogen-bond donors (Lipinski definition) is 0. The van der Waals surface area contributed by atoms with E-state index in [-0.39, 0.29) is 5.41 Å². The predicted octanol–water partition coefficient (Wildman–Crippen LogP) is 1.98. The van der Waals surface area contributed by atoms with Gasteiger partial charge in [0.05, 0.1) is 17.9 Å². The predicted molar refractivity (Wildman–Crippen MR) is 75.5 cm³/mol. The summed E-state index contributed by atoms with van der Waals surface area (Å²) >= 11 is 0. The van der Waals surface area contributed by atoms with Crippen molar-refractivity contribution in [1.82, 2.24) is 29.6 Å². The second kappa shape index (κ2) is 4.40. The summed E-state index contributed by atoms with van der Waals surface area (Å²) in [5.74, 6) is 0.878. The third-order valence-corrected chi connectivity index (χ3v) is 3.33. The third-order valence-electron chi connectivity index (χ3n) is 3.33. The van der Waals surface area contributed by atoms with E-state index < -0.39 is 0 Å². The molecule has 20 heavy (non-hydrogen) atoms. The van der Waals surface area contributed by atoms with Gasteiger partial charge in [0, 0.05) is 11.6 Å². The lowest BCUT2D eigenvalue weighted by molar-refractivity contribution is 0.486. The van der Waals surface area contributed by atoms with E-state index in [1.54, 1.807) is 0 Å². The highest BCUT2D eigenvalue weighted by molar-refractivity contribution is 5.42. The van der Waals surface area contributed by atoms with Crippen molar-refractivity contribution in [3.8, 4) is 0 Å². The molecule has 0 aliphatic rings. The van der Waals surface area contributed by atoms with Crippen LogP contribution in [-0.2, 0) is 12.0 Å². The van der Waals surface area contributed by atoms with Crippen LogP contribution in [0.25, 0.3) is 5.65 Å². The van der Waals surface area contributed by atoms with Crippen molar-refractivity contribution in [2.24, 2.45) is 0 Å². The lowest BCUT2D eigenvalue weighted by atomic mass is 9.96. The zero-order valence-corrected chi connectivity index (χ0v) is 12.2. The first-order valence-electron chi connectivity index (χ1n) is 6.66. The van der Waals surface area contributed by atoms with Gasteiger partial charge < -0.3 is 4.40 Å². The zero-order chi connectivity index (χ0) is 14.3. The first-order chi connectivity index (χ1) is 9.47. The van der Waals surface area contributed by atoms with Crippen molar-refractivity contribution >= 4 is 5.65 Å². The van der Waals surface area contributed by atoms with Crippen molar-refractivity contribution in [2.45, 2.75) is 39.7 Å². The highest BCUT2D eigenvalue weighted by atomic mass is 15.5. The summed E-state index contributed by atoms with van der Waals surface area (Å²) < 4.78 is 3.94. The molecular formula is C14H18N6. The van der Waals surface area contributed by atoms with E-state index >= 15 is 0 Å². The van der Waals surface area contributed by atoms with E-state index in [1.807, 2.05) is 36.0 Å². The first-order valence-corrected chi connectivity index (χ1v) is 6.66. The minimum absolute atomic E-state index is 0.0854. The van der Waals surface area contributed by atoms with Gasteiger partial charge in [-0.2, -0.15) is 0 Å². The maximum Gasteiger partial charge on any atom is 0.157 e. The SMILES string of the molecule is Cc1nc2ccccn2c1Cn1nnnc1C(C)(C)C. The summed E-state index contributed by atoms with van der Waals surface area (Å²) in [6.45, 7) is 8.96. The Morgan fingerprint density at radius 2 is 2.00 bits per heavy atom. The van der Waals surface area contributed by atoms with Crippen LogP contribution in [0.15, 0.2) is 24.4 Å². The Morgan fingerprint density at radius 3 is 2.75 bits per heavy atom. The summed E-state index contributed by atoms with van der Waals surface area (Å²) in [5.41, 5.74) is 2.98. The Hall–Kier alpha value is -2.24. The fraction of sp³-hybridized carbons (Fsp3) is 0.429. The van der Waals surface area contributed by atoms with E-state index in [0.29, 0.717) is 6.54 Å². The van der Waals surface area contributed by atoms with Gasteiger partial charge in [0.15, 0.2) is 5.82 Å². The maximum atomic E-state index is 4.57. The molecule has 0 aliphatic carbocycles. The van der Waals surface area contributed by atoms with Gasteiger partial charge in [-0.1, -0.05) is 26.8 Å². The summed E-state index contributed by atoms with van der Waals surface area (Å²) in [4.78, 5) is 4.57. The fourth-order valence-electron chi connectivity index (χ4n) is 2.34. The molecule has 104 valence electrons. The molecule has 0 unspecified atom stereocenters. The van der Waals surface area contributed by atoms with Crippen molar-refractivity contribution in [3.05, 3.63) is 41.6 Å². The largest absolute Gasteiger partial charge is 0.302 e. The van der Waals surface area contributed by atoms with Crippen molar-refractivity contribution in [2.75, 3.05) is 0 Å². The quantitative estimate of drug-likeness (QED) is 0.714. The van der Waals surface area contributed by atoms with Crippen molar-refractivity contribution in [1.29, 1.82) is 0 Å². The van der Waals surface area contributed by atoms with Crippen LogP contribution in [0.5, 0.6) is 0 Å². The highest BCUT2D eigenvalue weighted by Gasteiger charge is 2.23. The number of aromatic nitrogens is 6. The van der Waals surface area contributed by atoms with E-state index in [1.165, 1.54) is 0 Å². The van der Waals surface area contributed by atoms with Gasteiger partial charge in [-0.05, 0) is 29.5 Å². The molecule has 0 saturated heterocycles. The molecule has 0 saturated carbocycles. The molecule has 0 fully saturated rings. The smallest absolute Gasteiger partial charge is 0.157 e. The molecule has 0 radical (unpaired) electrons. The number of tetrazole rings is 1. The number of pyridine rings is 1. The van der Waals surface area contributed by atoms with Gasteiger partial charge in [0.1, 0.15) is 5.65 Å². The molecule has 3 heterocycles. The molecule has 0 amide bonds. The summed E-state index contributed by atoms with van der Waals surface area (Å²) in [7, 11) is 0. The van der Waals surface area contributed by atoms with Crippen molar-refractivity contribution in [3.63, 3.8) is 0 Å². The van der Waals surface area contributed by atoms with Crippen LogP contribution in [0.3, 0.4) is 0 Å². The molecule has 6 heteroatoms. The van der Waals surface area contributed by atoms with Gasteiger partial charge in [-0.25, -0.2) is 9.67 Å². The Labute approximate surface area is 117 Å². The lowest BCUT2D eigenvalue weighted by Crippen LogP contribution is -2.21. The van der Waals surface area contributed by atoms with Crippen LogP contribution in [0.2, 0.25) is 0 Å². The topological polar surface area (TPSA) is 60.9 Å². The number of imidazole rings is 1. The van der Waals surface area contributed by atoms with Crippen LogP contribution in [-0.4, -0.2) is 29.6 Å². The van der Waals surface area contributed by atoms with Gasteiger partial charge >= 0.3 is 0 Å². The Balaban J connectivity index is 2.06. The van der Waals surface area contributed by atoms with E-state index in [9.17, 15) is 0 Å². The van der Waals surface area contributed by atoms with E-state index in [2.05, 4.69) is 45.7 Å². The third kappa shape index (κ3) is 2.07. The number of nitrogens with zero attached hydrogens (tertiary/aromatic N) is 6. The molecule has 6 nitrogen and oxygen atoms in total. The summed E-state index contributed by atoms with van der Waals surface area (Å²) in [6.07, 6.45) is 2.02. The van der Waals surface area contributed by atoms with Gasteiger partial charge in [0.2, 0.25) is 0 Å². The maximum absolute atomic E-state index is 4.57. The molecule has 3 aromatic heterocycles. The first kappa shape index (κ1) is 12.8. The molecule has 0 aliphatic heterocycles. The second-order valence-electron chi connectivity index (χ2n) is 5.98. The number of hydrogen-bond acceptors (Lipinski definition) is 4.